The number of anilines is 1. The molecule has 0 radical (unpaired) electrons. The van der Waals surface area contributed by atoms with Crippen LogP contribution in [0.2, 0.25) is 0 Å². The summed E-state index contributed by atoms with van der Waals surface area (Å²) in [7, 11) is 1.61. The van der Waals surface area contributed by atoms with E-state index >= 15 is 0 Å². The Hall–Kier alpha value is -4.57. The van der Waals surface area contributed by atoms with E-state index in [1.54, 1.807) is 11.8 Å². The van der Waals surface area contributed by atoms with Crippen molar-refractivity contribution in [2.45, 2.75) is 13.3 Å². The fourth-order valence-electron chi connectivity index (χ4n) is 3.91. The molecule has 0 unspecified atom stereocenters. The molecule has 0 saturated carbocycles. The Kier molecular flexibility index (Phi) is 7.70. The van der Waals surface area contributed by atoms with Crippen LogP contribution in [0.4, 0.5) is 5.69 Å². The smallest absolute Gasteiger partial charge is 0.336 e. The number of ether oxygens (including phenoxy) is 5. The van der Waals surface area contributed by atoms with Crippen LogP contribution < -0.4 is 24.3 Å². The number of carbonyl (C=O) groups excluding carboxylic acids is 1. The number of hydrogen-bond acceptors (Lipinski definition) is 8. The van der Waals surface area contributed by atoms with Gasteiger partial charge in [0.2, 0.25) is 12.7 Å². The number of amides is 1. The zero-order valence-electron chi connectivity index (χ0n) is 21.2. The van der Waals surface area contributed by atoms with Gasteiger partial charge in [-0.25, -0.2) is 4.68 Å². The Bertz CT molecular complexity index is 1390. The maximum Gasteiger partial charge on any atom is 0.336 e. The molecule has 10 heteroatoms. The van der Waals surface area contributed by atoms with Crippen molar-refractivity contribution in [2.24, 2.45) is 0 Å². The molecule has 0 aliphatic carbocycles. The molecule has 1 aromatic heterocycles. The van der Waals surface area contributed by atoms with E-state index in [9.17, 15) is 4.79 Å². The molecule has 0 spiro atoms. The van der Waals surface area contributed by atoms with Gasteiger partial charge in [0.15, 0.2) is 17.3 Å². The van der Waals surface area contributed by atoms with Crippen molar-refractivity contribution >= 4 is 11.6 Å². The number of methoxy groups -OCH3 is 1. The monoisotopic (exact) mass is 516 g/mol. The van der Waals surface area contributed by atoms with Gasteiger partial charge in [-0.3, -0.25) is 4.79 Å². The first-order valence-electron chi connectivity index (χ1n) is 12.2. The first-order chi connectivity index (χ1) is 18.6. The third kappa shape index (κ3) is 5.87. The first kappa shape index (κ1) is 25.1. The summed E-state index contributed by atoms with van der Waals surface area (Å²) in [5.74, 6) is 2.54. The van der Waals surface area contributed by atoms with Crippen molar-refractivity contribution in [2.75, 3.05) is 39.0 Å². The summed E-state index contributed by atoms with van der Waals surface area (Å²) in [5, 5.41) is 7.50. The summed E-state index contributed by atoms with van der Waals surface area (Å²) < 4.78 is 28.9. The molecule has 0 saturated heterocycles. The van der Waals surface area contributed by atoms with Crippen LogP contribution in [0.1, 0.15) is 12.5 Å². The van der Waals surface area contributed by atoms with Crippen LogP contribution in [0.5, 0.6) is 23.3 Å². The lowest BCUT2D eigenvalue weighted by atomic mass is 10.1. The van der Waals surface area contributed by atoms with Crippen molar-refractivity contribution in [3.63, 3.8) is 0 Å². The van der Waals surface area contributed by atoms with E-state index in [0.717, 1.165) is 22.6 Å². The molecule has 1 N–H and O–H groups in total. The van der Waals surface area contributed by atoms with Crippen molar-refractivity contribution in [1.29, 1.82) is 0 Å². The highest BCUT2D eigenvalue weighted by Gasteiger charge is 2.19. The molecule has 0 atom stereocenters. The van der Waals surface area contributed by atoms with Crippen molar-refractivity contribution in [1.82, 2.24) is 14.8 Å². The summed E-state index contributed by atoms with van der Waals surface area (Å²) >= 11 is 0. The Morgan fingerprint density at radius 3 is 2.55 bits per heavy atom. The lowest BCUT2D eigenvalue weighted by Crippen LogP contribution is -2.14. The van der Waals surface area contributed by atoms with Crippen LogP contribution in [0.15, 0.2) is 66.7 Å². The molecule has 0 fully saturated rings. The number of aromatic nitrogens is 3. The summed E-state index contributed by atoms with van der Waals surface area (Å²) in [4.78, 5) is 17.2. The van der Waals surface area contributed by atoms with Gasteiger partial charge in [0.05, 0.1) is 25.8 Å². The largest absolute Gasteiger partial charge is 0.497 e. The van der Waals surface area contributed by atoms with Crippen LogP contribution in [-0.4, -0.2) is 54.4 Å². The fourth-order valence-corrected chi connectivity index (χ4v) is 3.91. The molecular weight excluding hydrogens is 488 g/mol. The summed E-state index contributed by atoms with van der Waals surface area (Å²) in [6, 6.07) is 20.6. The highest BCUT2D eigenvalue weighted by molar-refractivity contribution is 5.92. The van der Waals surface area contributed by atoms with Crippen LogP contribution in [0.25, 0.3) is 17.1 Å². The number of nitrogens with one attached hydrogen (secondary N) is 1. The Labute approximate surface area is 220 Å². The maximum atomic E-state index is 12.6. The minimum absolute atomic E-state index is 0.116. The molecule has 1 amide bonds. The lowest BCUT2D eigenvalue weighted by Gasteiger charge is -2.09. The zero-order chi connectivity index (χ0) is 26.3. The maximum absolute atomic E-state index is 12.6. The highest BCUT2D eigenvalue weighted by atomic mass is 16.7. The predicted molar refractivity (Wildman–Crippen MR) is 140 cm³/mol. The highest BCUT2D eigenvalue weighted by Crippen LogP contribution is 2.36. The lowest BCUT2D eigenvalue weighted by molar-refractivity contribution is -0.115. The van der Waals surface area contributed by atoms with Gasteiger partial charge in [-0.05, 0) is 67.1 Å². The number of hydrogen-bond donors (Lipinski definition) is 1. The SMILES string of the molecule is CCOCCOc1nc(-c2ccc3c(c2)OCO3)n(-c2ccc(NC(=O)Cc3ccc(OC)cc3)cc2)n1. The van der Waals surface area contributed by atoms with Gasteiger partial charge in [-0.1, -0.05) is 12.1 Å². The van der Waals surface area contributed by atoms with E-state index in [-0.39, 0.29) is 25.1 Å². The van der Waals surface area contributed by atoms with Gasteiger partial charge in [0.1, 0.15) is 12.4 Å². The summed E-state index contributed by atoms with van der Waals surface area (Å²) in [6.07, 6.45) is 0.255. The molecule has 2 heterocycles. The van der Waals surface area contributed by atoms with Gasteiger partial charge >= 0.3 is 6.01 Å². The fraction of sp³-hybridized carbons (Fsp3) is 0.250. The van der Waals surface area contributed by atoms with Crippen molar-refractivity contribution in [3.8, 4) is 40.3 Å². The Morgan fingerprint density at radius 1 is 1.00 bits per heavy atom. The van der Waals surface area contributed by atoms with Crippen molar-refractivity contribution < 1.29 is 28.5 Å². The standard InChI is InChI=1S/C28H28N4O6/c1-3-35-14-15-36-28-30-27(20-6-13-24-25(17-20)38-18-37-24)32(31-28)22-9-7-21(8-10-22)29-26(33)16-19-4-11-23(34-2)12-5-19/h4-13,17H,3,14-16,18H2,1-2H3,(H,29,33). The van der Waals surface area contributed by atoms with E-state index < -0.39 is 0 Å². The average molecular weight is 517 g/mol. The molecule has 0 bridgehead atoms. The molecule has 3 aromatic carbocycles. The molecular formula is C28H28N4O6. The van der Waals surface area contributed by atoms with Gasteiger partial charge in [-0.15, -0.1) is 5.10 Å². The van der Waals surface area contributed by atoms with E-state index in [4.69, 9.17) is 23.7 Å². The molecule has 38 heavy (non-hydrogen) atoms. The summed E-state index contributed by atoms with van der Waals surface area (Å²) in [6.45, 7) is 3.49. The van der Waals surface area contributed by atoms with E-state index in [0.29, 0.717) is 42.8 Å². The molecule has 5 rings (SSSR count). The van der Waals surface area contributed by atoms with Gasteiger partial charge in [0, 0.05) is 17.9 Å². The number of nitrogens with zero attached hydrogens (tertiary/aromatic N) is 3. The van der Waals surface area contributed by atoms with Crippen molar-refractivity contribution in [3.05, 3.63) is 72.3 Å². The normalized spacial score (nSPS) is 11.8. The number of carbonyl (C=O) groups is 1. The molecule has 10 nitrogen and oxygen atoms in total. The third-order valence-corrected chi connectivity index (χ3v) is 5.80. The van der Waals surface area contributed by atoms with Gasteiger partial charge in [0.25, 0.3) is 0 Å². The molecule has 1 aliphatic rings. The zero-order valence-corrected chi connectivity index (χ0v) is 21.2. The average Bonchev–Trinajstić information content (AvgIpc) is 3.59. The second-order valence-electron chi connectivity index (χ2n) is 8.36. The van der Waals surface area contributed by atoms with E-state index in [1.165, 1.54) is 0 Å². The van der Waals surface area contributed by atoms with Crippen LogP contribution in [-0.2, 0) is 16.0 Å². The predicted octanol–water partition coefficient (Wildman–Crippen LogP) is 4.27. The summed E-state index contributed by atoms with van der Waals surface area (Å²) in [5.41, 5.74) is 3.11. The van der Waals surface area contributed by atoms with Crippen LogP contribution in [0.3, 0.4) is 0 Å². The first-order valence-corrected chi connectivity index (χ1v) is 12.2. The Balaban J connectivity index is 1.34. The third-order valence-electron chi connectivity index (χ3n) is 5.80. The quantitative estimate of drug-likeness (QED) is 0.295. The van der Waals surface area contributed by atoms with E-state index in [2.05, 4.69) is 15.4 Å². The van der Waals surface area contributed by atoms with Gasteiger partial charge < -0.3 is 29.0 Å². The topological polar surface area (TPSA) is 106 Å². The van der Waals surface area contributed by atoms with Gasteiger partial charge in [-0.2, -0.15) is 4.98 Å². The van der Waals surface area contributed by atoms with Crippen LogP contribution >= 0.6 is 0 Å². The number of benzene rings is 3. The van der Waals surface area contributed by atoms with Crippen LogP contribution in [0, 0.1) is 0 Å². The molecule has 1 aliphatic heterocycles. The number of fused-ring (bicyclic) bond motifs is 1. The number of rotatable bonds is 11. The second-order valence-corrected chi connectivity index (χ2v) is 8.36. The second kappa shape index (κ2) is 11.7. The minimum Gasteiger partial charge on any atom is -0.497 e. The minimum atomic E-state index is -0.116. The Morgan fingerprint density at radius 2 is 1.79 bits per heavy atom. The molecule has 196 valence electrons. The van der Waals surface area contributed by atoms with E-state index in [1.807, 2.05) is 73.7 Å². The molecule has 4 aromatic rings.